The number of allylic oxidation sites excluding steroid dienone is 3. The fraction of sp³-hybridized carbons (Fsp3) is 0.450. The van der Waals surface area contributed by atoms with Gasteiger partial charge in [0, 0.05) is 18.8 Å². The van der Waals surface area contributed by atoms with Gasteiger partial charge in [-0.2, -0.15) is 0 Å². The summed E-state index contributed by atoms with van der Waals surface area (Å²) in [6.07, 6.45) is 14.6. The average molecular weight is 360 g/mol. The van der Waals surface area contributed by atoms with Crippen LogP contribution in [0.1, 0.15) is 32.1 Å². The number of rotatable bonds is 5. The van der Waals surface area contributed by atoms with Crippen molar-refractivity contribution in [2.75, 3.05) is 18.9 Å². The van der Waals surface area contributed by atoms with Crippen LogP contribution in [0.4, 0.5) is 14.9 Å². The molecule has 1 N–H and O–H groups in total. The molecule has 3 rings (SSSR count). The first-order valence-electron chi connectivity index (χ1n) is 8.87. The Morgan fingerprint density at radius 3 is 2.76 bits per heavy atom. The van der Waals surface area contributed by atoms with E-state index in [-0.39, 0.29) is 16.5 Å². The Kier molecular flexibility index (Phi) is 5.84. The van der Waals surface area contributed by atoms with Crippen LogP contribution in [0.5, 0.6) is 0 Å². The van der Waals surface area contributed by atoms with Crippen LogP contribution in [0, 0.1) is 5.82 Å². The second-order valence-corrected chi connectivity index (χ2v) is 8.56. The molecule has 5 heteroatoms. The maximum absolute atomic E-state index is 13.8. The fourth-order valence-electron chi connectivity index (χ4n) is 3.47. The van der Waals surface area contributed by atoms with Gasteiger partial charge in [0.1, 0.15) is 5.82 Å². The second kappa shape index (κ2) is 8.09. The van der Waals surface area contributed by atoms with E-state index in [1.165, 1.54) is 31.7 Å². The van der Waals surface area contributed by atoms with Crippen molar-refractivity contribution in [2.45, 2.75) is 42.1 Å². The molecule has 0 spiro atoms. The number of carbonyl (C=O) groups excluding carboxylic acids is 1. The highest BCUT2D eigenvalue weighted by molar-refractivity contribution is 8.01. The molecule has 1 atom stereocenters. The zero-order chi connectivity index (χ0) is 17.7. The number of urea groups is 1. The van der Waals surface area contributed by atoms with E-state index in [0.717, 1.165) is 6.42 Å². The summed E-state index contributed by atoms with van der Waals surface area (Å²) in [5.41, 5.74) is 0.218. The molecule has 0 heterocycles. The molecule has 25 heavy (non-hydrogen) atoms. The predicted molar refractivity (Wildman–Crippen MR) is 104 cm³/mol. The molecule has 1 unspecified atom stereocenters. The van der Waals surface area contributed by atoms with Crippen molar-refractivity contribution in [3.8, 4) is 0 Å². The Labute approximate surface area is 153 Å². The van der Waals surface area contributed by atoms with Crippen LogP contribution >= 0.6 is 11.8 Å². The highest BCUT2D eigenvalue weighted by atomic mass is 32.2. The molecule has 1 aromatic rings. The Morgan fingerprint density at radius 2 is 2.08 bits per heavy atom. The number of nitrogens with one attached hydrogen (secondary N) is 1. The zero-order valence-electron chi connectivity index (χ0n) is 14.6. The summed E-state index contributed by atoms with van der Waals surface area (Å²) < 4.78 is 13.7. The maximum atomic E-state index is 13.8. The minimum atomic E-state index is -0.417. The van der Waals surface area contributed by atoms with E-state index in [4.69, 9.17) is 0 Å². The topological polar surface area (TPSA) is 32.3 Å². The first kappa shape index (κ1) is 18.1. The highest BCUT2D eigenvalue weighted by Gasteiger charge is 2.34. The lowest BCUT2D eigenvalue weighted by atomic mass is 9.99. The Hall–Kier alpha value is -1.75. The van der Waals surface area contributed by atoms with Gasteiger partial charge in [-0.05, 0) is 31.4 Å². The summed E-state index contributed by atoms with van der Waals surface area (Å²) in [7, 11) is 1.78. The summed E-state index contributed by atoms with van der Waals surface area (Å²) in [5.74, 6) is -0.417. The van der Waals surface area contributed by atoms with Crippen LogP contribution in [0.2, 0.25) is 0 Å². The SMILES string of the molecule is CN(CC1(SC2CCCC2)C=CC=CC1)C(=O)Nc1ccccc1F. The van der Waals surface area contributed by atoms with Gasteiger partial charge in [0.2, 0.25) is 0 Å². The molecule has 0 aliphatic heterocycles. The first-order chi connectivity index (χ1) is 12.1. The van der Waals surface area contributed by atoms with Crippen LogP contribution < -0.4 is 5.32 Å². The van der Waals surface area contributed by atoms with Crippen molar-refractivity contribution in [1.82, 2.24) is 4.90 Å². The number of nitrogens with zero attached hydrogens (tertiary/aromatic N) is 1. The number of benzene rings is 1. The molecule has 2 aliphatic carbocycles. The summed E-state index contributed by atoms with van der Waals surface area (Å²) in [4.78, 5) is 14.2. The van der Waals surface area contributed by atoms with Crippen molar-refractivity contribution in [3.63, 3.8) is 0 Å². The van der Waals surface area contributed by atoms with Gasteiger partial charge in [-0.25, -0.2) is 9.18 Å². The fourth-order valence-corrected chi connectivity index (χ4v) is 5.32. The molecule has 1 aromatic carbocycles. The van der Waals surface area contributed by atoms with Crippen LogP contribution in [0.25, 0.3) is 0 Å². The molecular weight excluding hydrogens is 335 g/mol. The largest absolute Gasteiger partial charge is 0.326 e. The van der Waals surface area contributed by atoms with Gasteiger partial charge in [-0.15, -0.1) is 11.8 Å². The molecule has 134 valence electrons. The second-order valence-electron chi connectivity index (χ2n) is 6.85. The van der Waals surface area contributed by atoms with Crippen molar-refractivity contribution >= 4 is 23.5 Å². The molecule has 0 radical (unpaired) electrons. The van der Waals surface area contributed by atoms with E-state index in [2.05, 4.69) is 29.6 Å². The molecule has 0 bridgehead atoms. The van der Waals surface area contributed by atoms with Gasteiger partial charge in [0.15, 0.2) is 0 Å². The van der Waals surface area contributed by atoms with Gasteiger partial charge in [-0.1, -0.05) is 49.3 Å². The third-order valence-electron chi connectivity index (χ3n) is 4.78. The lowest BCUT2D eigenvalue weighted by Gasteiger charge is -2.36. The Balaban J connectivity index is 1.66. The van der Waals surface area contributed by atoms with Gasteiger partial charge in [0.05, 0.1) is 10.4 Å². The van der Waals surface area contributed by atoms with Crippen LogP contribution in [0.3, 0.4) is 0 Å². The highest BCUT2D eigenvalue weighted by Crippen LogP contribution is 2.42. The van der Waals surface area contributed by atoms with E-state index >= 15 is 0 Å². The molecule has 0 aromatic heterocycles. The predicted octanol–water partition coefficient (Wildman–Crippen LogP) is 5.22. The number of amides is 2. The molecular formula is C20H25FN2OS. The zero-order valence-corrected chi connectivity index (χ0v) is 15.4. The Bertz CT molecular complexity index is 669. The summed E-state index contributed by atoms with van der Waals surface area (Å²) in [5, 5.41) is 3.34. The number of hydrogen-bond donors (Lipinski definition) is 1. The molecule has 2 aliphatic rings. The number of thioether (sulfide) groups is 1. The number of anilines is 1. The first-order valence-corrected chi connectivity index (χ1v) is 9.75. The molecule has 0 saturated heterocycles. The maximum Gasteiger partial charge on any atom is 0.321 e. The standard InChI is InChI=1S/C20H25FN2OS/c1-23(19(24)22-18-12-6-5-11-17(18)21)15-20(13-7-2-8-14-20)25-16-9-3-4-10-16/h2,5-8,11-13,16H,3-4,9-10,14-15H2,1H3,(H,22,24). The van der Waals surface area contributed by atoms with Gasteiger partial charge in [0.25, 0.3) is 0 Å². The molecule has 3 nitrogen and oxygen atoms in total. The number of carbonyl (C=O) groups is 1. The van der Waals surface area contributed by atoms with Crippen LogP contribution in [0.15, 0.2) is 48.6 Å². The van der Waals surface area contributed by atoms with E-state index < -0.39 is 5.82 Å². The van der Waals surface area contributed by atoms with Gasteiger partial charge < -0.3 is 10.2 Å². The minimum Gasteiger partial charge on any atom is -0.326 e. The van der Waals surface area contributed by atoms with Crippen molar-refractivity contribution in [1.29, 1.82) is 0 Å². The molecule has 1 saturated carbocycles. The number of para-hydroxylation sites is 1. The number of hydrogen-bond acceptors (Lipinski definition) is 2. The quantitative estimate of drug-likeness (QED) is 0.781. The van der Waals surface area contributed by atoms with Gasteiger partial charge in [-0.3, -0.25) is 0 Å². The summed E-state index contributed by atoms with van der Waals surface area (Å²) >= 11 is 2.00. The lowest BCUT2D eigenvalue weighted by Crippen LogP contribution is -2.43. The van der Waals surface area contributed by atoms with Crippen molar-refractivity contribution in [2.24, 2.45) is 0 Å². The van der Waals surface area contributed by atoms with Crippen LogP contribution in [-0.4, -0.2) is 34.5 Å². The van der Waals surface area contributed by atoms with Crippen molar-refractivity contribution in [3.05, 3.63) is 54.4 Å². The summed E-state index contributed by atoms with van der Waals surface area (Å²) in [6.45, 7) is 0.606. The Morgan fingerprint density at radius 1 is 1.32 bits per heavy atom. The number of halogens is 1. The third kappa shape index (κ3) is 4.66. The van der Waals surface area contributed by atoms with Crippen molar-refractivity contribution < 1.29 is 9.18 Å². The van der Waals surface area contributed by atoms with Crippen LogP contribution in [-0.2, 0) is 0 Å². The molecule has 1 fully saturated rings. The smallest absolute Gasteiger partial charge is 0.321 e. The van der Waals surface area contributed by atoms with E-state index in [0.29, 0.717) is 11.8 Å². The summed E-state index contributed by atoms with van der Waals surface area (Å²) in [6, 6.07) is 5.97. The molecule has 2 amide bonds. The average Bonchev–Trinajstić information content (AvgIpc) is 3.10. The third-order valence-corrected chi connectivity index (χ3v) is 6.49. The van der Waals surface area contributed by atoms with E-state index in [1.807, 2.05) is 11.8 Å². The monoisotopic (exact) mass is 360 g/mol. The van der Waals surface area contributed by atoms with E-state index in [9.17, 15) is 9.18 Å². The van der Waals surface area contributed by atoms with Gasteiger partial charge >= 0.3 is 6.03 Å². The lowest BCUT2D eigenvalue weighted by molar-refractivity contribution is 0.219. The normalized spacial score (nSPS) is 23.0. The van der Waals surface area contributed by atoms with E-state index in [1.54, 1.807) is 30.1 Å². The minimum absolute atomic E-state index is 0.0922.